The van der Waals surface area contributed by atoms with Crippen LogP contribution < -0.4 is 0 Å². The Labute approximate surface area is 137 Å². The zero-order chi connectivity index (χ0) is 18.4. The molecular formula is C14H20O10. The van der Waals surface area contributed by atoms with Crippen LogP contribution in [0.2, 0.25) is 0 Å². The molecule has 2 unspecified atom stereocenters. The molecule has 1 N–H and O–H groups in total. The molecule has 5 atom stereocenters. The summed E-state index contributed by atoms with van der Waals surface area (Å²) in [6, 6.07) is 0. The van der Waals surface area contributed by atoms with E-state index in [9.17, 15) is 24.3 Å². The number of carbonyl (C=O) groups excluding carboxylic acids is 4. The average Bonchev–Trinajstić information content (AvgIpc) is 2.42. The number of hydrogen-bond acceptors (Lipinski definition) is 10. The van der Waals surface area contributed by atoms with Gasteiger partial charge in [0.05, 0.1) is 0 Å². The molecular weight excluding hydrogens is 328 g/mol. The zero-order valence-corrected chi connectivity index (χ0v) is 13.7. The average molecular weight is 348 g/mol. The van der Waals surface area contributed by atoms with Crippen molar-refractivity contribution >= 4 is 23.9 Å². The smallest absolute Gasteiger partial charge is 0.303 e. The van der Waals surface area contributed by atoms with Crippen molar-refractivity contribution in [2.24, 2.45) is 0 Å². The number of hydrogen-bond donors (Lipinski definition) is 1. The SMILES string of the molecule is CC(=O)OCC1OC(O)[C@H](OC(C)=O)[C@@H](OC(C)=O)[C@H]1OC(C)=O. The molecule has 0 bridgehead atoms. The van der Waals surface area contributed by atoms with Crippen LogP contribution in [0.15, 0.2) is 0 Å². The fourth-order valence-electron chi connectivity index (χ4n) is 2.21. The molecule has 1 aliphatic heterocycles. The van der Waals surface area contributed by atoms with Gasteiger partial charge in [0.2, 0.25) is 0 Å². The maximum atomic E-state index is 11.3. The van der Waals surface area contributed by atoms with Gasteiger partial charge in [-0.1, -0.05) is 0 Å². The van der Waals surface area contributed by atoms with Crippen molar-refractivity contribution < 1.29 is 48.0 Å². The molecule has 1 fully saturated rings. The molecule has 0 aromatic rings. The van der Waals surface area contributed by atoms with Crippen LogP contribution in [-0.4, -0.2) is 66.3 Å². The van der Waals surface area contributed by atoms with Crippen LogP contribution in [0.25, 0.3) is 0 Å². The standard InChI is InChI=1S/C14H20O10/c1-6(15)20-5-10-11(21-7(2)16)12(22-8(3)17)13(14(19)24-10)23-9(4)18/h10-14,19H,5H2,1-4H3/t10?,11-,12-,13+,14?/m0/s1. The number of aliphatic hydroxyl groups is 1. The molecule has 136 valence electrons. The summed E-state index contributed by atoms with van der Waals surface area (Å²) in [5.74, 6) is -2.87. The molecule has 0 radical (unpaired) electrons. The van der Waals surface area contributed by atoms with Gasteiger partial charge in [0, 0.05) is 27.7 Å². The monoisotopic (exact) mass is 348 g/mol. The van der Waals surface area contributed by atoms with Crippen molar-refractivity contribution in [3.8, 4) is 0 Å². The van der Waals surface area contributed by atoms with Gasteiger partial charge in [-0.2, -0.15) is 0 Å². The van der Waals surface area contributed by atoms with Crippen LogP contribution in [0.5, 0.6) is 0 Å². The van der Waals surface area contributed by atoms with E-state index in [1.54, 1.807) is 0 Å². The lowest BCUT2D eigenvalue weighted by atomic mass is 9.98. The summed E-state index contributed by atoms with van der Waals surface area (Å²) in [4.78, 5) is 44.9. The first-order valence-corrected chi connectivity index (χ1v) is 7.10. The van der Waals surface area contributed by atoms with Crippen LogP contribution >= 0.6 is 0 Å². The summed E-state index contributed by atoms with van der Waals surface area (Å²) in [7, 11) is 0. The number of carbonyl (C=O) groups is 4. The van der Waals surface area contributed by atoms with Gasteiger partial charge in [0.25, 0.3) is 0 Å². The first-order valence-electron chi connectivity index (χ1n) is 7.10. The third-order valence-corrected chi connectivity index (χ3v) is 2.97. The van der Waals surface area contributed by atoms with Gasteiger partial charge < -0.3 is 28.8 Å². The third-order valence-electron chi connectivity index (χ3n) is 2.97. The van der Waals surface area contributed by atoms with Crippen molar-refractivity contribution in [3.63, 3.8) is 0 Å². The van der Waals surface area contributed by atoms with Crippen LogP contribution in [0.4, 0.5) is 0 Å². The van der Waals surface area contributed by atoms with Gasteiger partial charge in [-0.05, 0) is 0 Å². The van der Waals surface area contributed by atoms with E-state index in [0.29, 0.717) is 0 Å². The van der Waals surface area contributed by atoms with Gasteiger partial charge >= 0.3 is 23.9 Å². The fraction of sp³-hybridized carbons (Fsp3) is 0.714. The number of esters is 4. The maximum absolute atomic E-state index is 11.3. The summed E-state index contributed by atoms with van der Waals surface area (Å²) >= 11 is 0. The predicted molar refractivity (Wildman–Crippen MR) is 74.2 cm³/mol. The quantitative estimate of drug-likeness (QED) is 0.490. The highest BCUT2D eigenvalue weighted by Gasteiger charge is 2.51. The van der Waals surface area contributed by atoms with Gasteiger partial charge in [-0.25, -0.2) is 0 Å². The predicted octanol–water partition coefficient (Wildman–Crippen LogP) is -0.938. The van der Waals surface area contributed by atoms with E-state index >= 15 is 0 Å². The van der Waals surface area contributed by atoms with Crippen LogP contribution in [0, 0.1) is 0 Å². The summed E-state index contributed by atoms with van der Waals surface area (Å²) in [6.07, 6.45) is -6.79. The second-order valence-electron chi connectivity index (χ2n) is 5.09. The van der Waals surface area contributed by atoms with Crippen molar-refractivity contribution in [3.05, 3.63) is 0 Å². The van der Waals surface area contributed by atoms with E-state index < -0.39 is 54.6 Å². The van der Waals surface area contributed by atoms with Gasteiger partial charge in [0.1, 0.15) is 12.7 Å². The lowest BCUT2D eigenvalue weighted by molar-refractivity contribution is -0.296. The summed E-state index contributed by atoms with van der Waals surface area (Å²) in [6.45, 7) is 4.09. The van der Waals surface area contributed by atoms with E-state index in [4.69, 9.17) is 23.7 Å². The van der Waals surface area contributed by atoms with E-state index in [2.05, 4.69) is 0 Å². The molecule has 10 heteroatoms. The van der Waals surface area contributed by atoms with Crippen LogP contribution in [0.1, 0.15) is 27.7 Å². The van der Waals surface area contributed by atoms with Gasteiger partial charge in [-0.3, -0.25) is 19.2 Å². The summed E-state index contributed by atoms with van der Waals surface area (Å²) < 4.78 is 25.0. The minimum atomic E-state index is -1.68. The van der Waals surface area contributed by atoms with Crippen LogP contribution in [0.3, 0.4) is 0 Å². The highest BCUT2D eigenvalue weighted by Crippen LogP contribution is 2.28. The molecule has 0 aromatic carbocycles. The van der Waals surface area contributed by atoms with Gasteiger partial charge in [-0.15, -0.1) is 0 Å². The Hall–Kier alpha value is -2.20. The maximum Gasteiger partial charge on any atom is 0.303 e. The lowest BCUT2D eigenvalue weighted by Crippen LogP contribution is -2.62. The molecule has 0 amide bonds. The number of aliphatic hydroxyl groups excluding tert-OH is 1. The molecule has 0 aliphatic carbocycles. The molecule has 1 aliphatic rings. The zero-order valence-electron chi connectivity index (χ0n) is 13.7. The second-order valence-corrected chi connectivity index (χ2v) is 5.09. The van der Waals surface area contributed by atoms with E-state index in [1.165, 1.54) is 0 Å². The lowest BCUT2D eigenvalue weighted by Gasteiger charge is -2.42. The minimum Gasteiger partial charge on any atom is -0.463 e. The first-order chi connectivity index (χ1) is 11.1. The van der Waals surface area contributed by atoms with Crippen molar-refractivity contribution in [2.45, 2.75) is 58.4 Å². The Balaban J connectivity index is 3.11. The first kappa shape index (κ1) is 19.8. The molecule has 0 saturated carbocycles. The minimum absolute atomic E-state index is 0.366. The van der Waals surface area contributed by atoms with Gasteiger partial charge in [0.15, 0.2) is 24.6 Å². The Morgan fingerprint density at radius 1 is 0.792 bits per heavy atom. The van der Waals surface area contributed by atoms with E-state index in [0.717, 1.165) is 27.7 Å². The fourth-order valence-corrected chi connectivity index (χ4v) is 2.21. The Kier molecular flexibility index (Phi) is 7.11. The molecule has 10 nitrogen and oxygen atoms in total. The third kappa shape index (κ3) is 5.78. The topological polar surface area (TPSA) is 135 Å². The molecule has 0 aromatic heterocycles. The largest absolute Gasteiger partial charge is 0.463 e. The molecule has 1 saturated heterocycles. The van der Waals surface area contributed by atoms with Crippen LogP contribution in [-0.2, 0) is 42.9 Å². The normalized spacial score (nSPS) is 29.3. The van der Waals surface area contributed by atoms with Crippen molar-refractivity contribution in [1.29, 1.82) is 0 Å². The highest BCUT2D eigenvalue weighted by atomic mass is 16.7. The Morgan fingerprint density at radius 2 is 1.25 bits per heavy atom. The summed E-state index contributed by atoms with van der Waals surface area (Å²) in [5.41, 5.74) is 0. The molecule has 1 heterocycles. The van der Waals surface area contributed by atoms with E-state index in [-0.39, 0.29) is 6.61 Å². The molecule has 1 rings (SSSR count). The molecule has 24 heavy (non-hydrogen) atoms. The summed E-state index contributed by atoms with van der Waals surface area (Å²) in [5, 5.41) is 10.0. The Bertz CT molecular complexity index is 502. The number of rotatable bonds is 5. The second kappa shape index (κ2) is 8.60. The van der Waals surface area contributed by atoms with E-state index in [1.807, 2.05) is 0 Å². The van der Waals surface area contributed by atoms with Crippen molar-refractivity contribution in [2.75, 3.05) is 6.61 Å². The van der Waals surface area contributed by atoms with Crippen molar-refractivity contribution in [1.82, 2.24) is 0 Å². The molecule has 0 spiro atoms. The number of ether oxygens (including phenoxy) is 5. The highest BCUT2D eigenvalue weighted by molar-refractivity contribution is 5.68. The Morgan fingerprint density at radius 3 is 1.71 bits per heavy atom.